The van der Waals surface area contributed by atoms with Gasteiger partial charge in [-0.25, -0.2) is 0 Å². The van der Waals surface area contributed by atoms with Gasteiger partial charge in [-0.15, -0.1) is 10.2 Å². The zero-order chi connectivity index (χ0) is 15.9. The normalized spacial score (nSPS) is 10.7. The molecule has 1 aromatic carbocycles. The topological polar surface area (TPSA) is 87.7 Å². The van der Waals surface area contributed by atoms with Crippen LogP contribution in [-0.4, -0.2) is 27.6 Å². The van der Waals surface area contributed by atoms with Crippen molar-refractivity contribution < 1.29 is 4.79 Å². The van der Waals surface area contributed by atoms with E-state index in [1.165, 1.54) is 0 Å². The van der Waals surface area contributed by atoms with E-state index >= 15 is 0 Å². The lowest BCUT2D eigenvalue weighted by atomic mass is 10.2. The third-order valence-corrected chi connectivity index (χ3v) is 3.23. The lowest BCUT2D eigenvalue weighted by Crippen LogP contribution is -2.29. The molecule has 116 valence electrons. The van der Waals surface area contributed by atoms with E-state index in [4.69, 9.17) is 0 Å². The average molecular weight is 300 g/mol. The van der Waals surface area contributed by atoms with Gasteiger partial charge in [-0.2, -0.15) is 0 Å². The van der Waals surface area contributed by atoms with Gasteiger partial charge in [-0.3, -0.25) is 9.59 Å². The fourth-order valence-corrected chi connectivity index (χ4v) is 1.92. The number of benzene rings is 1. The number of H-pyrrole nitrogens is 1. The predicted octanol–water partition coefficient (Wildman–Crippen LogP) is 1.54. The van der Waals surface area contributed by atoms with Gasteiger partial charge in [0.05, 0.1) is 0 Å². The minimum atomic E-state index is -0.232. The number of aryl methyl sites for hydroxylation is 1. The Morgan fingerprint density at radius 3 is 2.59 bits per heavy atom. The zero-order valence-corrected chi connectivity index (χ0v) is 12.8. The summed E-state index contributed by atoms with van der Waals surface area (Å²) in [5.74, 6) is 0.440. The van der Waals surface area contributed by atoms with Crippen LogP contribution in [0.5, 0.6) is 0 Å². The first-order valence-corrected chi connectivity index (χ1v) is 7.37. The molecule has 0 spiro atoms. The number of nitrogens with zero attached hydrogens (tertiary/aromatic N) is 2. The van der Waals surface area contributed by atoms with E-state index in [0.717, 1.165) is 5.56 Å². The Morgan fingerprint density at radius 2 is 1.95 bits per heavy atom. The average Bonchev–Trinajstić information content (AvgIpc) is 2.53. The van der Waals surface area contributed by atoms with Crippen LogP contribution in [0, 0.1) is 5.92 Å². The summed E-state index contributed by atoms with van der Waals surface area (Å²) in [6.45, 7) is 4.21. The maximum atomic E-state index is 12.0. The second kappa shape index (κ2) is 7.49. The number of hydrogen-bond acceptors (Lipinski definition) is 4. The summed E-state index contributed by atoms with van der Waals surface area (Å²) in [4.78, 5) is 26.2. The molecule has 0 unspecified atom stereocenters. The predicted molar refractivity (Wildman–Crippen MR) is 84.3 cm³/mol. The summed E-state index contributed by atoms with van der Waals surface area (Å²) in [6.07, 6.45) is 1.14. The van der Waals surface area contributed by atoms with E-state index in [1.807, 2.05) is 44.2 Å². The van der Waals surface area contributed by atoms with Crippen molar-refractivity contribution in [3.05, 3.63) is 46.4 Å². The van der Waals surface area contributed by atoms with Crippen LogP contribution >= 0.6 is 0 Å². The maximum Gasteiger partial charge on any atom is 0.273 e. The van der Waals surface area contributed by atoms with Gasteiger partial charge in [0, 0.05) is 18.0 Å². The van der Waals surface area contributed by atoms with Crippen LogP contribution in [-0.2, 0) is 11.2 Å². The van der Waals surface area contributed by atoms with Gasteiger partial charge < -0.3 is 10.3 Å². The smallest absolute Gasteiger partial charge is 0.273 e. The van der Waals surface area contributed by atoms with Crippen molar-refractivity contribution in [2.75, 3.05) is 6.54 Å². The Hall–Kier alpha value is -2.50. The van der Waals surface area contributed by atoms with Crippen molar-refractivity contribution in [2.45, 2.75) is 26.7 Å². The minimum Gasteiger partial charge on any atom is -0.356 e. The van der Waals surface area contributed by atoms with Crippen LogP contribution in [0.3, 0.4) is 0 Å². The number of carbonyl (C=O) groups excluding carboxylic acids is 1. The molecule has 22 heavy (non-hydrogen) atoms. The molecule has 0 fully saturated rings. The van der Waals surface area contributed by atoms with Crippen LogP contribution in [0.15, 0.2) is 35.1 Å². The van der Waals surface area contributed by atoms with Gasteiger partial charge in [0.15, 0.2) is 5.82 Å². The molecule has 0 saturated heterocycles. The Bertz CT molecular complexity index is 680. The van der Waals surface area contributed by atoms with Gasteiger partial charge in [-0.1, -0.05) is 44.2 Å². The highest BCUT2D eigenvalue weighted by Crippen LogP contribution is 2.10. The standard InChI is InChI=1S/C16H20N4O2/c1-11(2)15(21)17-10-6-9-13-16(22)18-14(20-19-13)12-7-4-3-5-8-12/h3-5,7-8,11H,6,9-10H2,1-2H3,(H,17,21)(H,18,20,22). The second-order valence-electron chi connectivity index (χ2n) is 5.36. The SMILES string of the molecule is CC(C)C(=O)NCCCc1nnc(-c2ccccc2)[nH]c1=O. The number of nitrogens with one attached hydrogen (secondary N) is 2. The molecule has 0 aliphatic carbocycles. The molecule has 1 aromatic heterocycles. The molecule has 6 nitrogen and oxygen atoms in total. The highest BCUT2D eigenvalue weighted by molar-refractivity contribution is 5.77. The Balaban J connectivity index is 1.94. The third-order valence-electron chi connectivity index (χ3n) is 3.23. The highest BCUT2D eigenvalue weighted by atomic mass is 16.1. The van der Waals surface area contributed by atoms with E-state index in [9.17, 15) is 9.59 Å². The number of amides is 1. The third kappa shape index (κ3) is 4.25. The van der Waals surface area contributed by atoms with Crippen molar-refractivity contribution in [1.29, 1.82) is 0 Å². The number of aromatic nitrogens is 3. The molecule has 0 aliphatic heterocycles. The molecule has 1 heterocycles. The Morgan fingerprint density at radius 1 is 1.23 bits per heavy atom. The molecule has 2 rings (SSSR count). The van der Waals surface area contributed by atoms with Crippen molar-refractivity contribution in [3.8, 4) is 11.4 Å². The van der Waals surface area contributed by atoms with E-state index < -0.39 is 0 Å². The lowest BCUT2D eigenvalue weighted by molar-refractivity contribution is -0.123. The first kappa shape index (κ1) is 15.9. The van der Waals surface area contributed by atoms with Crippen LogP contribution in [0.1, 0.15) is 26.0 Å². The molecule has 1 amide bonds. The molecule has 2 N–H and O–H groups in total. The van der Waals surface area contributed by atoms with Crippen LogP contribution in [0.4, 0.5) is 0 Å². The summed E-state index contributed by atoms with van der Waals surface area (Å²) in [5, 5.41) is 10.9. The summed E-state index contributed by atoms with van der Waals surface area (Å²) < 4.78 is 0. The minimum absolute atomic E-state index is 0.0134. The summed E-state index contributed by atoms with van der Waals surface area (Å²) in [5.41, 5.74) is 0.977. The second-order valence-corrected chi connectivity index (χ2v) is 5.36. The molecule has 0 radical (unpaired) electrons. The number of hydrogen-bond donors (Lipinski definition) is 2. The van der Waals surface area contributed by atoms with E-state index in [-0.39, 0.29) is 17.4 Å². The molecule has 0 atom stereocenters. The van der Waals surface area contributed by atoms with Gasteiger partial charge in [0.25, 0.3) is 5.56 Å². The number of aromatic amines is 1. The fraction of sp³-hybridized carbons (Fsp3) is 0.375. The first-order chi connectivity index (χ1) is 10.6. The lowest BCUT2D eigenvalue weighted by Gasteiger charge is -2.07. The van der Waals surface area contributed by atoms with Gasteiger partial charge in [0.2, 0.25) is 5.91 Å². The quantitative estimate of drug-likeness (QED) is 0.792. The van der Waals surface area contributed by atoms with Gasteiger partial charge >= 0.3 is 0 Å². The first-order valence-electron chi connectivity index (χ1n) is 7.37. The number of carbonyl (C=O) groups is 1. The summed E-state index contributed by atoms with van der Waals surface area (Å²) in [7, 11) is 0. The van der Waals surface area contributed by atoms with Crippen molar-refractivity contribution in [2.24, 2.45) is 5.92 Å². The van der Waals surface area contributed by atoms with Crippen LogP contribution in [0.25, 0.3) is 11.4 Å². The van der Waals surface area contributed by atoms with E-state index in [2.05, 4.69) is 20.5 Å². The van der Waals surface area contributed by atoms with Crippen LogP contribution < -0.4 is 10.9 Å². The molecule has 0 bridgehead atoms. The van der Waals surface area contributed by atoms with Crippen molar-refractivity contribution in [3.63, 3.8) is 0 Å². The Labute approximate surface area is 129 Å². The monoisotopic (exact) mass is 300 g/mol. The van der Waals surface area contributed by atoms with E-state index in [1.54, 1.807) is 0 Å². The zero-order valence-electron chi connectivity index (χ0n) is 12.8. The molecular weight excluding hydrogens is 280 g/mol. The molecule has 6 heteroatoms. The number of rotatable bonds is 6. The van der Waals surface area contributed by atoms with E-state index in [0.29, 0.717) is 30.9 Å². The molecule has 0 saturated carbocycles. The van der Waals surface area contributed by atoms with Gasteiger partial charge in [-0.05, 0) is 12.8 Å². The Kier molecular flexibility index (Phi) is 5.41. The molecule has 2 aromatic rings. The maximum absolute atomic E-state index is 12.0. The molecule has 0 aliphatic rings. The fourth-order valence-electron chi connectivity index (χ4n) is 1.92. The van der Waals surface area contributed by atoms with Gasteiger partial charge in [0.1, 0.15) is 5.69 Å². The highest BCUT2D eigenvalue weighted by Gasteiger charge is 2.08. The largest absolute Gasteiger partial charge is 0.356 e. The van der Waals surface area contributed by atoms with Crippen LogP contribution in [0.2, 0.25) is 0 Å². The summed E-state index contributed by atoms with van der Waals surface area (Å²) in [6, 6.07) is 9.37. The molecular formula is C16H20N4O2. The van der Waals surface area contributed by atoms with Crippen molar-refractivity contribution >= 4 is 5.91 Å². The van der Waals surface area contributed by atoms with Crippen molar-refractivity contribution in [1.82, 2.24) is 20.5 Å². The summed E-state index contributed by atoms with van der Waals surface area (Å²) >= 11 is 0.